The van der Waals surface area contributed by atoms with Crippen LogP contribution in [0.3, 0.4) is 0 Å². The summed E-state index contributed by atoms with van der Waals surface area (Å²) >= 11 is 0. The Morgan fingerprint density at radius 2 is 1.82 bits per heavy atom. The highest BCUT2D eigenvalue weighted by atomic mass is 31.2. The molecule has 3 fully saturated rings. The number of rotatable bonds is 7. The lowest BCUT2D eigenvalue weighted by atomic mass is 9.79. The molecule has 28 heavy (non-hydrogen) atoms. The van der Waals surface area contributed by atoms with Crippen molar-refractivity contribution in [1.82, 2.24) is 0 Å². The van der Waals surface area contributed by atoms with E-state index in [1.165, 1.54) is 5.30 Å². The van der Waals surface area contributed by atoms with Crippen LogP contribution in [0.15, 0.2) is 66.7 Å². The Hall–Kier alpha value is -2.16. The van der Waals surface area contributed by atoms with Crippen molar-refractivity contribution in [1.29, 1.82) is 0 Å². The van der Waals surface area contributed by atoms with Crippen molar-refractivity contribution in [2.45, 2.75) is 25.7 Å². The molecule has 0 spiro atoms. The second kappa shape index (κ2) is 8.06. The highest BCUT2D eigenvalue weighted by Crippen LogP contribution is 2.70. The average molecular weight is 397 g/mol. The lowest BCUT2D eigenvalue weighted by Crippen LogP contribution is -2.43. The molecular formula is C23H26O4P+. The van der Waals surface area contributed by atoms with Gasteiger partial charge in [-0.05, 0) is 43.5 Å². The van der Waals surface area contributed by atoms with Gasteiger partial charge in [0.05, 0.1) is 25.4 Å². The van der Waals surface area contributed by atoms with E-state index in [2.05, 4.69) is 18.2 Å². The lowest BCUT2D eigenvalue weighted by Gasteiger charge is -2.47. The fourth-order valence-corrected chi connectivity index (χ4v) is 8.20. The van der Waals surface area contributed by atoms with Crippen molar-refractivity contribution in [2.24, 2.45) is 5.41 Å². The number of aliphatic carboxylic acids is 1. The van der Waals surface area contributed by atoms with Gasteiger partial charge in [0.25, 0.3) is 0 Å². The Balaban J connectivity index is 1.43. The number of carboxylic acids is 1. The molecule has 5 rings (SSSR count). The van der Waals surface area contributed by atoms with Gasteiger partial charge in [-0.1, -0.05) is 36.4 Å². The number of carbonyl (C=O) groups is 1. The number of ether oxygens (including phenoxy) is 1. The smallest absolute Gasteiger partial charge is 0.307 e. The predicted octanol–water partition coefficient (Wildman–Crippen LogP) is 5.27. The van der Waals surface area contributed by atoms with Crippen LogP contribution in [-0.2, 0) is 9.32 Å². The monoisotopic (exact) mass is 397 g/mol. The molecule has 2 aromatic rings. The van der Waals surface area contributed by atoms with E-state index >= 15 is 0 Å². The predicted molar refractivity (Wildman–Crippen MR) is 113 cm³/mol. The van der Waals surface area contributed by atoms with Crippen molar-refractivity contribution in [2.75, 3.05) is 18.9 Å². The molecule has 3 heterocycles. The number of carboxylic acid groups (broad SMARTS) is 1. The minimum absolute atomic E-state index is 0.0993. The summed E-state index contributed by atoms with van der Waals surface area (Å²) in [7, 11) is -1.58. The van der Waals surface area contributed by atoms with Crippen LogP contribution >= 0.6 is 7.49 Å². The van der Waals surface area contributed by atoms with E-state index < -0.39 is 13.5 Å². The topological polar surface area (TPSA) is 55.8 Å². The van der Waals surface area contributed by atoms with Crippen LogP contribution in [0.1, 0.15) is 25.7 Å². The molecule has 146 valence electrons. The first-order chi connectivity index (χ1) is 13.6. The van der Waals surface area contributed by atoms with Gasteiger partial charge in [-0.15, -0.1) is 0 Å². The van der Waals surface area contributed by atoms with E-state index in [4.69, 9.17) is 14.4 Å². The van der Waals surface area contributed by atoms with Gasteiger partial charge >= 0.3 is 5.97 Å². The summed E-state index contributed by atoms with van der Waals surface area (Å²) in [5.74, 6) is 0.927. The number of para-hydroxylation sites is 1. The molecule has 0 unspecified atom stereocenters. The molecule has 0 aliphatic carbocycles. The fourth-order valence-electron chi connectivity index (χ4n) is 4.14. The first-order valence-electron chi connectivity index (χ1n) is 9.81. The normalized spacial score (nSPS) is 26.4. The zero-order valence-electron chi connectivity index (χ0n) is 15.9. The van der Waals surface area contributed by atoms with Gasteiger partial charge in [-0.3, -0.25) is 4.79 Å². The van der Waals surface area contributed by atoms with Crippen molar-refractivity contribution < 1.29 is 19.2 Å². The van der Waals surface area contributed by atoms with E-state index in [9.17, 15) is 4.79 Å². The van der Waals surface area contributed by atoms with Crippen molar-refractivity contribution in [3.05, 3.63) is 66.7 Å². The minimum atomic E-state index is -1.58. The summed E-state index contributed by atoms with van der Waals surface area (Å²) in [4.78, 5) is 10.7. The van der Waals surface area contributed by atoms with E-state index in [1.807, 2.05) is 42.5 Å². The van der Waals surface area contributed by atoms with Crippen LogP contribution < -0.4 is 10.0 Å². The highest BCUT2D eigenvalue weighted by molar-refractivity contribution is 7.78. The molecule has 3 aliphatic heterocycles. The number of fused-ring (bicyclic) bond motifs is 3. The Labute approximate surface area is 166 Å². The quantitative estimate of drug-likeness (QED) is 0.511. The highest BCUT2D eigenvalue weighted by Gasteiger charge is 2.56. The summed E-state index contributed by atoms with van der Waals surface area (Å²) in [5.41, 5.74) is 0.189. The zero-order chi connectivity index (χ0) is 19.5. The van der Waals surface area contributed by atoms with Gasteiger partial charge < -0.3 is 9.84 Å². The van der Waals surface area contributed by atoms with E-state index in [0.717, 1.165) is 49.7 Å². The second-order valence-corrected chi connectivity index (χ2v) is 11.2. The third-order valence-electron chi connectivity index (χ3n) is 5.90. The van der Waals surface area contributed by atoms with Crippen LogP contribution in [0.5, 0.6) is 11.5 Å². The van der Waals surface area contributed by atoms with Crippen molar-refractivity contribution in [3.63, 3.8) is 0 Å². The Kier molecular flexibility index (Phi) is 5.52. The van der Waals surface area contributed by atoms with Crippen LogP contribution in [0.4, 0.5) is 0 Å². The zero-order valence-corrected chi connectivity index (χ0v) is 16.8. The molecule has 3 aliphatic rings. The van der Waals surface area contributed by atoms with E-state index in [-0.39, 0.29) is 11.8 Å². The second-order valence-electron chi connectivity index (χ2n) is 7.80. The SMILES string of the molecule is O=C(O)C/C=C/CC12CC[P+](c3cccc(Oc4ccccc4)c3)(CC1)OC2. The maximum Gasteiger partial charge on any atom is 0.307 e. The molecule has 0 aromatic heterocycles. The lowest BCUT2D eigenvalue weighted by molar-refractivity contribution is -0.136. The summed E-state index contributed by atoms with van der Waals surface area (Å²) in [6, 6.07) is 18.3. The molecule has 0 saturated carbocycles. The van der Waals surface area contributed by atoms with E-state index in [0.29, 0.717) is 0 Å². The van der Waals surface area contributed by atoms with Crippen LogP contribution in [-0.4, -0.2) is 30.0 Å². The number of benzene rings is 2. The first-order valence-corrected chi connectivity index (χ1v) is 11.9. The first kappa shape index (κ1) is 19.2. The number of hydrogen-bond acceptors (Lipinski definition) is 3. The van der Waals surface area contributed by atoms with E-state index in [1.54, 1.807) is 6.08 Å². The summed E-state index contributed by atoms with van der Waals surface area (Å²) in [6.45, 7) is 0.780. The van der Waals surface area contributed by atoms with Gasteiger partial charge in [-0.2, -0.15) is 0 Å². The average Bonchev–Trinajstić information content (AvgIpc) is 2.74. The number of allylic oxidation sites excluding steroid dienone is 1. The van der Waals surface area contributed by atoms with Crippen LogP contribution in [0, 0.1) is 5.41 Å². The summed E-state index contributed by atoms with van der Waals surface area (Å²) in [5, 5.41) is 10.1. The largest absolute Gasteiger partial charge is 0.481 e. The molecule has 5 heteroatoms. The number of hydrogen-bond donors (Lipinski definition) is 1. The molecule has 4 nitrogen and oxygen atoms in total. The third kappa shape index (κ3) is 4.14. The van der Waals surface area contributed by atoms with Crippen LogP contribution in [0.2, 0.25) is 0 Å². The molecule has 2 bridgehead atoms. The maximum atomic E-state index is 10.7. The fraction of sp³-hybridized carbons (Fsp3) is 0.348. The van der Waals surface area contributed by atoms with Gasteiger partial charge in [0.1, 0.15) is 16.8 Å². The third-order valence-corrected chi connectivity index (χ3v) is 9.64. The van der Waals surface area contributed by atoms with Gasteiger partial charge in [0, 0.05) is 11.5 Å². The maximum absolute atomic E-state index is 10.7. The van der Waals surface area contributed by atoms with Crippen LogP contribution in [0.25, 0.3) is 0 Å². The standard InChI is InChI=1S/C23H25O4P/c24-22(25)11-4-5-12-23-13-15-28(16-14-23,26-18-23)21-10-6-9-20(17-21)27-19-7-2-1-3-8-19/h1-10,17H,11-16,18H2/p+1/b5-4+. The van der Waals surface area contributed by atoms with Crippen molar-refractivity contribution >= 4 is 18.8 Å². The Morgan fingerprint density at radius 3 is 2.50 bits per heavy atom. The molecule has 0 amide bonds. The molecule has 0 atom stereocenters. The molecular weight excluding hydrogens is 371 g/mol. The van der Waals surface area contributed by atoms with Gasteiger partial charge in [0.2, 0.25) is 0 Å². The van der Waals surface area contributed by atoms with Gasteiger partial charge in [-0.25, -0.2) is 4.52 Å². The van der Waals surface area contributed by atoms with Gasteiger partial charge in [0.15, 0.2) is 7.49 Å². The minimum Gasteiger partial charge on any atom is -0.481 e. The molecule has 0 radical (unpaired) electrons. The van der Waals surface area contributed by atoms with Crippen molar-refractivity contribution in [3.8, 4) is 11.5 Å². The Bertz CT molecular complexity index is 837. The molecule has 1 N–H and O–H groups in total. The summed E-state index contributed by atoms with van der Waals surface area (Å²) < 4.78 is 12.6. The molecule has 2 aromatic carbocycles. The Morgan fingerprint density at radius 1 is 1.07 bits per heavy atom. The summed E-state index contributed by atoms with van der Waals surface area (Å²) in [6.07, 6.45) is 9.34. The molecule has 3 saturated heterocycles.